The molecule has 6 aromatic rings. The van der Waals surface area contributed by atoms with E-state index in [0.717, 1.165) is 55.2 Å². The van der Waals surface area contributed by atoms with Crippen LogP contribution in [0.3, 0.4) is 0 Å². The summed E-state index contributed by atoms with van der Waals surface area (Å²) in [6.45, 7) is 8.91. The van der Waals surface area contributed by atoms with Gasteiger partial charge in [0.15, 0.2) is 23.3 Å². The zero-order chi connectivity index (χ0) is 44.5. The first-order chi connectivity index (χ1) is 29.9. The first-order valence-electron chi connectivity index (χ1n) is 19.3. The number of halogens is 8. The first-order valence-corrected chi connectivity index (χ1v) is 19.3. The summed E-state index contributed by atoms with van der Waals surface area (Å²) in [5.41, 5.74) is -0.720. The Hall–Kier alpha value is -6.88. The molecular weight excluding hydrogens is 825 g/mol. The van der Waals surface area contributed by atoms with Gasteiger partial charge in [0.05, 0.1) is 40.5 Å². The molecule has 6 aromatic carbocycles. The number of ether oxygens (including phenoxy) is 2. The van der Waals surface area contributed by atoms with Crippen LogP contribution in [0.25, 0.3) is 11.1 Å². The molecular formula is C45H38F8N6O3. The maximum absolute atomic E-state index is 15.4. The quantitative estimate of drug-likeness (QED) is 0.0560. The number of hydrogen-bond donors (Lipinski definition) is 1. The molecule has 6 rings (SSSR count). The van der Waals surface area contributed by atoms with Crippen molar-refractivity contribution in [2.24, 2.45) is 20.5 Å². The Kier molecular flexibility index (Phi) is 14.5. The van der Waals surface area contributed by atoms with E-state index in [1.165, 1.54) is 24.3 Å². The first kappa shape index (κ1) is 44.7. The molecule has 0 unspecified atom stereocenters. The number of azo groups is 2. The van der Waals surface area contributed by atoms with Crippen LogP contribution >= 0.6 is 0 Å². The largest absolute Gasteiger partial charge is 0.451 e. The zero-order valence-corrected chi connectivity index (χ0v) is 33.5. The van der Waals surface area contributed by atoms with E-state index in [0.29, 0.717) is 24.5 Å². The molecule has 0 amide bonds. The third-order valence-electron chi connectivity index (χ3n) is 9.43. The van der Waals surface area contributed by atoms with Crippen molar-refractivity contribution in [1.29, 1.82) is 0 Å². The van der Waals surface area contributed by atoms with Crippen molar-refractivity contribution in [3.63, 3.8) is 0 Å². The van der Waals surface area contributed by atoms with Crippen molar-refractivity contribution in [1.82, 2.24) is 0 Å². The van der Waals surface area contributed by atoms with Gasteiger partial charge in [0, 0.05) is 37.6 Å². The van der Waals surface area contributed by atoms with Crippen molar-refractivity contribution in [2.45, 2.75) is 27.2 Å². The predicted molar refractivity (Wildman–Crippen MR) is 219 cm³/mol. The fraction of sp³-hybridized carbons (Fsp3) is 0.200. The Morgan fingerprint density at radius 2 is 0.710 bits per heavy atom. The maximum atomic E-state index is 15.4. The monoisotopic (exact) mass is 862 g/mol. The van der Waals surface area contributed by atoms with E-state index in [4.69, 9.17) is 9.47 Å². The summed E-state index contributed by atoms with van der Waals surface area (Å²) in [6, 6.07) is 24.2. The lowest BCUT2D eigenvalue weighted by atomic mass is 10.0. The fourth-order valence-corrected chi connectivity index (χ4v) is 6.26. The lowest BCUT2D eigenvalue weighted by Crippen LogP contribution is -2.25. The average Bonchev–Trinajstić information content (AvgIpc) is 3.29. The Bertz CT molecular complexity index is 2320. The van der Waals surface area contributed by atoms with E-state index in [1.54, 1.807) is 36.4 Å². The number of likely N-dealkylation sites (N-methyl/N-ethyl adjacent to an activating group) is 1. The van der Waals surface area contributed by atoms with Gasteiger partial charge in [-0.05, 0) is 117 Å². The SMILES string of the molecule is CCCN(CC)c1ccc(N=Nc2ccc(Oc3c(F)c(F)c(-c4c(F)c(F)c(Oc5ccc(N=Nc6ccc(N(CC)CCO)cc6)cc5)c(F)c4F)c(F)c3F)cc2)cc1. The Morgan fingerprint density at radius 1 is 0.419 bits per heavy atom. The van der Waals surface area contributed by atoms with E-state index < -0.39 is 69.2 Å². The minimum absolute atomic E-state index is 0.0143. The summed E-state index contributed by atoms with van der Waals surface area (Å²) >= 11 is 0. The van der Waals surface area contributed by atoms with Gasteiger partial charge in [-0.25, -0.2) is 17.6 Å². The highest BCUT2D eigenvalue weighted by molar-refractivity contribution is 5.70. The minimum Gasteiger partial charge on any atom is -0.451 e. The highest BCUT2D eigenvalue weighted by Gasteiger charge is 2.35. The molecule has 0 fully saturated rings. The van der Waals surface area contributed by atoms with E-state index in [-0.39, 0.29) is 29.5 Å². The van der Waals surface area contributed by atoms with Crippen molar-refractivity contribution in [2.75, 3.05) is 42.6 Å². The second-order valence-electron chi connectivity index (χ2n) is 13.4. The Balaban J connectivity index is 1.17. The van der Waals surface area contributed by atoms with Crippen LogP contribution in [-0.2, 0) is 0 Å². The molecule has 9 nitrogen and oxygen atoms in total. The molecule has 1 N–H and O–H groups in total. The molecule has 0 spiro atoms. The lowest BCUT2D eigenvalue weighted by Gasteiger charge is -2.22. The highest BCUT2D eigenvalue weighted by Crippen LogP contribution is 2.43. The van der Waals surface area contributed by atoms with Gasteiger partial charge in [0.2, 0.25) is 34.8 Å². The van der Waals surface area contributed by atoms with Crippen LogP contribution in [0.1, 0.15) is 27.2 Å². The number of nitrogens with zero attached hydrogens (tertiary/aromatic N) is 6. The Labute approximate surface area is 351 Å². The van der Waals surface area contributed by atoms with Gasteiger partial charge in [0.1, 0.15) is 11.5 Å². The normalized spacial score (nSPS) is 11.5. The van der Waals surface area contributed by atoms with E-state index in [2.05, 4.69) is 32.3 Å². The number of aliphatic hydroxyl groups is 1. The predicted octanol–water partition coefficient (Wildman–Crippen LogP) is 13.9. The second-order valence-corrected chi connectivity index (χ2v) is 13.4. The smallest absolute Gasteiger partial charge is 0.205 e. The van der Waals surface area contributed by atoms with Gasteiger partial charge in [-0.3, -0.25) is 0 Å². The third kappa shape index (κ3) is 9.84. The molecule has 0 saturated carbocycles. The Morgan fingerprint density at radius 3 is 0.984 bits per heavy atom. The number of hydrogen-bond acceptors (Lipinski definition) is 9. The molecule has 0 aliphatic heterocycles. The molecule has 322 valence electrons. The van der Waals surface area contributed by atoms with Gasteiger partial charge in [-0.1, -0.05) is 6.92 Å². The van der Waals surface area contributed by atoms with Crippen LogP contribution in [0.2, 0.25) is 0 Å². The van der Waals surface area contributed by atoms with E-state index in [9.17, 15) is 5.11 Å². The molecule has 0 heterocycles. The van der Waals surface area contributed by atoms with Crippen molar-refractivity contribution < 1.29 is 49.7 Å². The number of rotatable bonds is 17. The summed E-state index contributed by atoms with van der Waals surface area (Å²) in [7, 11) is 0. The van der Waals surface area contributed by atoms with Crippen molar-refractivity contribution in [3.05, 3.63) is 144 Å². The molecule has 0 aromatic heterocycles. The minimum atomic E-state index is -2.40. The molecule has 17 heteroatoms. The summed E-state index contributed by atoms with van der Waals surface area (Å²) in [5, 5.41) is 25.6. The van der Waals surface area contributed by atoms with Crippen molar-refractivity contribution >= 4 is 34.1 Å². The molecule has 0 bridgehead atoms. The third-order valence-corrected chi connectivity index (χ3v) is 9.43. The van der Waals surface area contributed by atoms with Gasteiger partial charge >= 0.3 is 0 Å². The average molecular weight is 863 g/mol. The summed E-state index contributed by atoms with van der Waals surface area (Å²) < 4.78 is 133. The molecule has 0 aliphatic rings. The highest BCUT2D eigenvalue weighted by atomic mass is 19.2. The molecule has 0 saturated heterocycles. The summed E-state index contributed by atoms with van der Waals surface area (Å²) in [4.78, 5) is 4.15. The van der Waals surface area contributed by atoms with Gasteiger partial charge in [-0.2, -0.15) is 38.0 Å². The lowest BCUT2D eigenvalue weighted by molar-refractivity contribution is 0.302. The van der Waals surface area contributed by atoms with Gasteiger partial charge < -0.3 is 24.4 Å². The van der Waals surface area contributed by atoms with Crippen molar-refractivity contribution in [3.8, 4) is 34.1 Å². The van der Waals surface area contributed by atoms with Gasteiger partial charge in [0.25, 0.3) is 0 Å². The molecule has 0 radical (unpaired) electrons. The molecule has 0 aliphatic carbocycles. The molecule has 62 heavy (non-hydrogen) atoms. The van der Waals surface area contributed by atoms with E-state index >= 15 is 35.1 Å². The molecule has 0 atom stereocenters. The standard InChI is InChI=1S/C45H38F8N6O3/c1-4-23-58(5-2)30-15-7-26(8-16-30)54-56-28-11-19-32(20-12-28)61-44-40(50)36(46)34(37(47)41(44)51)35-38(48)42(52)45(43(53)39(35)49)62-33-21-13-29(14-22-33)57-55-27-9-17-31(18-10-27)59(6-3)24-25-60/h7-22,60H,4-6,23-25H2,1-3H3. The second kappa shape index (κ2) is 20.1. The van der Waals surface area contributed by atoms with Crippen LogP contribution in [0.5, 0.6) is 23.0 Å². The number of benzene rings is 6. The van der Waals surface area contributed by atoms with Crippen LogP contribution < -0.4 is 19.3 Å². The van der Waals surface area contributed by atoms with Gasteiger partial charge in [-0.15, -0.1) is 0 Å². The number of aliphatic hydroxyl groups excluding tert-OH is 1. The zero-order valence-electron chi connectivity index (χ0n) is 33.5. The summed E-state index contributed by atoms with van der Waals surface area (Å²) in [6.07, 6.45) is 0.983. The fourth-order valence-electron chi connectivity index (χ4n) is 6.26. The van der Waals surface area contributed by atoms with Crippen LogP contribution in [-0.4, -0.2) is 37.9 Å². The van der Waals surface area contributed by atoms with E-state index in [1.807, 2.05) is 30.9 Å². The summed E-state index contributed by atoms with van der Waals surface area (Å²) in [5.74, 6) is -22.6. The maximum Gasteiger partial charge on any atom is 0.205 e. The van der Waals surface area contributed by atoms with Crippen LogP contribution in [0.15, 0.2) is 118 Å². The number of anilines is 2. The van der Waals surface area contributed by atoms with Crippen LogP contribution in [0.4, 0.5) is 69.2 Å². The van der Waals surface area contributed by atoms with Crippen LogP contribution in [0, 0.1) is 46.5 Å². The topological polar surface area (TPSA) is 94.6 Å².